The summed E-state index contributed by atoms with van der Waals surface area (Å²) in [5.41, 5.74) is 0.680. The lowest BCUT2D eigenvalue weighted by Gasteiger charge is -2.15. The van der Waals surface area contributed by atoms with E-state index in [9.17, 15) is 9.59 Å². The number of benzene rings is 1. The highest BCUT2D eigenvalue weighted by atomic mass is 35.5. The maximum atomic E-state index is 12.0. The Hall–Kier alpha value is -1.20. The molecular formula is C12H12ClNO3S. The van der Waals surface area contributed by atoms with E-state index in [0.717, 1.165) is 9.80 Å². The second kappa shape index (κ2) is 5.63. The van der Waals surface area contributed by atoms with Crippen molar-refractivity contribution in [3.05, 3.63) is 29.8 Å². The van der Waals surface area contributed by atoms with E-state index in [1.165, 1.54) is 0 Å². The van der Waals surface area contributed by atoms with Crippen LogP contribution in [0.15, 0.2) is 29.2 Å². The third-order valence-electron chi connectivity index (χ3n) is 2.65. The number of hydrogen-bond donors (Lipinski definition) is 0. The van der Waals surface area contributed by atoms with E-state index >= 15 is 0 Å². The van der Waals surface area contributed by atoms with Crippen LogP contribution in [-0.4, -0.2) is 36.3 Å². The SMILES string of the molecule is CSc1ccc([C@@H](Cl)C(=O)N2CCOC2=O)cc1. The number of carbonyl (C=O) groups is 2. The molecule has 0 radical (unpaired) electrons. The number of amides is 2. The molecular weight excluding hydrogens is 274 g/mol. The first-order valence-electron chi connectivity index (χ1n) is 5.39. The number of hydrogen-bond acceptors (Lipinski definition) is 4. The first-order chi connectivity index (χ1) is 8.63. The van der Waals surface area contributed by atoms with Crippen molar-refractivity contribution in [3.63, 3.8) is 0 Å². The van der Waals surface area contributed by atoms with Gasteiger partial charge in [0.15, 0.2) is 0 Å². The first-order valence-corrected chi connectivity index (χ1v) is 7.05. The molecule has 1 aliphatic heterocycles. The minimum absolute atomic E-state index is 0.236. The molecule has 6 heteroatoms. The van der Waals surface area contributed by atoms with Crippen molar-refractivity contribution in [1.82, 2.24) is 4.90 Å². The summed E-state index contributed by atoms with van der Waals surface area (Å²) in [6, 6.07) is 7.38. The van der Waals surface area contributed by atoms with E-state index < -0.39 is 17.4 Å². The summed E-state index contributed by atoms with van der Waals surface area (Å²) in [6.07, 6.45) is 1.35. The summed E-state index contributed by atoms with van der Waals surface area (Å²) >= 11 is 7.70. The molecule has 1 aromatic rings. The fourth-order valence-corrected chi connectivity index (χ4v) is 2.32. The van der Waals surface area contributed by atoms with Crippen LogP contribution in [0.4, 0.5) is 4.79 Å². The highest BCUT2D eigenvalue weighted by molar-refractivity contribution is 7.98. The van der Waals surface area contributed by atoms with Gasteiger partial charge in [0.25, 0.3) is 5.91 Å². The van der Waals surface area contributed by atoms with Crippen molar-refractivity contribution in [2.24, 2.45) is 0 Å². The molecule has 0 saturated carbocycles. The molecule has 0 bridgehead atoms. The van der Waals surface area contributed by atoms with Crippen molar-refractivity contribution in [1.29, 1.82) is 0 Å². The van der Waals surface area contributed by atoms with Crippen LogP contribution in [0.1, 0.15) is 10.9 Å². The number of halogens is 1. The summed E-state index contributed by atoms with van der Waals surface area (Å²) in [5, 5.41) is -0.855. The Balaban J connectivity index is 2.12. The Labute approximate surface area is 114 Å². The molecule has 1 saturated heterocycles. The quantitative estimate of drug-likeness (QED) is 0.633. The van der Waals surface area contributed by atoms with Crippen LogP contribution < -0.4 is 0 Å². The predicted octanol–water partition coefficient (Wildman–Crippen LogP) is 2.67. The lowest BCUT2D eigenvalue weighted by molar-refractivity contribution is -0.127. The van der Waals surface area contributed by atoms with Gasteiger partial charge in [-0.3, -0.25) is 4.79 Å². The van der Waals surface area contributed by atoms with E-state index in [0.29, 0.717) is 5.56 Å². The molecule has 1 atom stereocenters. The van der Waals surface area contributed by atoms with Gasteiger partial charge in [0, 0.05) is 4.90 Å². The molecule has 0 aromatic heterocycles. The molecule has 18 heavy (non-hydrogen) atoms. The number of ether oxygens (including phenoxy) is 1. The van der Waals surface area contributed by atoms with Gasteiger partial charge in [-0.15, -0.1) is 23.4 Å². The smallest absolute Gasteiger partial charge is 0.416 e. The van der Waals surface area contributed by atoms with E-state index in [2.05, 4.69) is 0 Å². The number of alkyl halides is 1. The molecule has 1 fully saturated rings. The van der Waals surface area contributed by atoms with Crippen LogP contribution in [0, 0.1) is 0 Å². The van der Waals surface area contributed by atoms with Crippen molar-refractivity contribution in [2.75, 3.05) is 19.4 Å². The average Bonchev–Trinajstić information content (AvgIpc) is 2.83. The molecule has 2 amide bonds. The Bertz CT molecular complexity index is 463. The number of thioether (sulfide) groups is 1. The number of nitrogens with zero attached hydrogens (tertiary/aromatic N) is 1. The number of cyclic esters (lactones) is 1. The zero-order valence-corrected chi connectivity index (χ0v) is 11.3. The standard InChI is InChI=1S/C12H12ClNO3S/c1-18-9-4-2-8(3-5-9)10(13)11(15)14-6-7-17-12(14)16/h2-5,10H,6-7H2,1H3/t10-/m1/s1. The second-order valence-electron chi connectivity index (χ2n) is 3.74. The molecule has 4 nitrogen and oxygen atoms in total. The number of imide groups is 1. The fraction of sp³-hybridized carbons (Fsp3) is 0.333. The third kappa shape index (κ3) is 2.62. The number of rotatable bonds is 3. The molecule has 2 rings (SSSR count). The van der Waals surface area contributed by atoms with Crippen LogP contribution in [0.5, 0.6) is 0 Å². The Kier molecular flexibility index (Phi) is 4.14. The first kappa shape index (κ1) is 13.2. The van der Waals surface area contributed by atoms with Gasteiger partial charge >= 0.3 is 6.09 Å². The average molecular weight is 286 g/mol. The van der Waals surface area contributed by atoms with Crippen LogP contribution >= 0.6 is 23.4 Å². The minimum atomic E-state index is -0.855. The molecule has 96 valence electrons. The summed E-state index contributed by atoms with van der Waals surface area (Å²) in [5.74, 6) is -0.434. The molecule has 0 spiro atoms. The minimum Gasteiger partial charge on any atom is -0.447 e. The fourth-order valence-electron chi connectivity index (χ4n) is 1.65. The predicted molar refractivity (Wildman–Crippen MR) is 69.9 cm³/mol. The van der Waals surface area contributed by atoms with Crippen LogP contribution in [0.2, 0.25) is 0 Å². The van der Waals surface area contributed by atoms with Gasteiger partial charge in [-0.05, 0) is 24.0 Å². The van der Waals surface area contributed by atoms with Crippen LogP contribution in [-0.2, 0) is 9.53 Å². The van der Waals surface area contributed by atoms with Crippen molar-refractivity contribution >= 4 is 35.4 Å². The Morgan fingerprint density at radius 1 is 1.44 bits per heavy atom. The maximum absolute atomic E-state index is 12.0. The Morgan fingerprint density at radius 2 is 2.11 bits per heavy atom. The summed E-state index contributed by atoms with van der Waals surface area (Å²) in [7, 11) is 0. The van der Waals surface area contributed by atoms with E-state index in [1.807, 2.05) is 18.4 Å². The summed E-state index contributed by atoms with van der Waals surface area (Å²) < 4.78 is 4.71. The maximum Gasteiger partial charge on any atom is 0.416 e. The zero-order valence-electron chi connectivity index (χ0n) is 9.76. The monoisotopic (exact) mass is 285 g/mol. The van der Waals surface area contributed by atoms with E-state index in [-0.39, 0.29) is 13.2 Å². The van der Waals surface area contributed by atoms with Gasteiger partial charge in [-0.2, -0.15) is 0 Å². The van der Waals surface area contributed by atoms with Gasteiger partial charge in [-0.1, -0.05) is 12.1 Å². The van der Waals surface area contributed by atoms with Gasteiger partial charge in [0.1, 0.15) is 12.0 Å². The number of carbonyl (C=O) groups excluding carboxylic acids is 2. The second-order valence-corrected chi connectivity index (χ2v) is 5.06. The Morgan fingerprint density at radius 3 is 2.61 bits per heavy atom. The molecule has 1 aliphatic rings. The molecule has 0 N–H and O–H groups in total. The van der Waals surface area contributed by atoms with Gasteiger partial charge in [-0.25, -0.2) is 9.69 Å². The molecule has 1 heterocycles. The van der Waals surface area contributed by atoms with Gasteiger partial charge < -0.3 is 4.74 Å². The summed E-state index contributed by atoms with van der Waals surface area (Å²) in [6.45, 7) is 0.503. The van der Waals surface area contributed by atoms with Gasteiger partial charge in [0.2, 0.25) is 0 Å². The highest BCUT2D eigenvalue weighted by Crippen LogP contribution is 2.26. The summed E-state index contributed by atoms with van der Waals surface area (Å²) in [4.78, 5) is 25.4. The lowest BCUT2D eigenvalue weighted by Crippen LogP contribution is -2.34. The van der Waals surface area contributed by atoms with Crippen molar-refractivity contribution in [3.8, 4) is 0 Å². The normalized spacial score (nSPS) is 16.6. The highest BCUT2D eigenvalue weighted by Gasteiger charge is 2.33. The van der Waals surface area contributed by atoms with E-state index in [4.69, 9.17) is 16.3 Å². The third-order valence-corrected chi connectivity index (χ3v) is 3.83. The lowest BCUT2D eigenvalue weighted by atomic mass is 10.1. The van der Waals surface area contributed by atoms with Gasteiger partial charge in [0.05, 0.1) is 6.54 Å². The van der Waals surface area contributed by atoms with Crippen molar-refractivity contribution in [2.45, 2.75) is 10.3 Å². The van der Waals surface area contributed by atoms with Crippen molar-refractivity contribution < 1.29 is 14.3 Å². The van der Waals surface area contributed by atoms with Crippen LogP contribution in [0.3, 0.4) is 0 Å². The van der Waals surface area contributed by atoms with E-state index in [1.54, 1.807) is 23.9 Å². The largest absolute Gasteiger partial charge is 0.447 e. The van der Waals surface area contributed by atoms with Crippen LogP contribution in [0.25, 0.3) is 0 Å². The molecule has 0 unspecified atom stereocenters. The molecule has 1 aromatic carbocycles. The topological polar surface area (TPSA) is 46.6 Å². The molecule has 0 aliphatic carbocycles. The zero-order chi connectivity index (χ0) is 13.1.